The number of amides is 1. The van der Waals surface area contributed by atoms with Gasteiger partial charge in [0.05, 0.1) is 10.9 Å². The molecule has 24 heavy (non-hydrogen) atoms. The third-order valence-electron chi connectivity index (χ3n) is 4.30. The minimum absolute atomic E-state index is 0.233. The summed E-state index contributed by atoms with van der Waals surface area (Å²) in [7, 11) is 0. The van der Waals surface area contributed by atoms with Crippen LogP contribution in [0.2, 0.25) is 0 Å². The van der Waals surface area contributed by atoms with Crippen molar-refractivity contribution in [3.63, 3.8) is 0 Å². The highest BCUT2D eigenvalue weighted by atomic mass is 32.1. The molecule has 0 spiro atoms. The van der Waals surface area contributed by atoms with Crippen LogP contribution in [0.25, 0.3) is 0 Å². The summed E-state index contributed by atoms with van der Waals surface area (Å²) in [5.74, 6) is -0.491. The number of aromatic nitrogens is 3. The molecule has 1 aliphatic carbocycles. The molecular weight excluding hydrogens is 328 g/mol. The number of aromatic carboxylic acids is 1. The number of carbonyl (C=O) groups is 2. The minimum atomic E-state index is -0.948. The monoisotopic (exact) mass is 348 g/mol. The third kappa shape index (κ3) is 2.93. The van der Waals surface area contributed by atoms with Crippen LogP contribution in [0.4, 0.5) is 0 Å². The molecule has 1 aliphatic rings. The van der Waals surface area contributed by atoms with Crippen LogP contribution in [0, 0.1) is 0 Å². The van der Waals surface area contributed by atoms with Crippen molar-refractivity contribution in [2.75, 3.05) is 0 Å². The second-order valence-electron chi connectivity index (χ2n) is 5.86. The number of rotatable bonds is 5. The second-order valence-corrected chi connectivity index (χ2v) is 6.88. The summed E-state index contributed by atoms with van der Waals surface area (Å²) in [5, 5.41) is 16.4. The van der Waals surface area contributed by atoms with Crippen molar-refractivity contribution in [2.24, 2.45) is 0 Å². The first-order valence-corrected chi connectivity index (χ1v) is 8.91. The standard InChI is InChI=1S/C16H20N4O3S/c1-3-20-14(17-8-18-20)9(2)19-15(21)12-10-6-4-5-7-11(10)13(24-12)16(22)23/h8-9H,3-7H2,1-2H3,(H,19,21)(H,22,23). The minimum Gasteiger partial charge on any atom is -0.477 e. The van der Waals surface area contributed by atoms with Crippen molar-refractivity contribution in [2.45, 2.75) is 52.1 Å². The van der Waals surface area contributed by atoms with Gasteiger partial charge >= 0.3 is 5.97 Å². The van der Waals surface area contributed by atoms with E-state index < -0.39 is 5.97 Å². The Morgan fingerprint density at radius 3 is 2.62 bits per heavy atom. The molecule has 0 aliphatic heterocycles. The van der Waals surface area contributed by atoms with Gasteiger partial charge in [0.1, 0.15) is 17.0 Å². The van der Waals surface area contributed by atoms with E-state index in [0.29, 0.717) is 22.1 Å². The summed E-state index contributed by atoms with van der Waals surface area (Å²) in [6, 6.07) is -0.297. The van der Waals surface area contributed by atoms with E-state index in [1.807, 2.05) is 13.8 Å². The Balaban J connectivity index is 1.86. The summed E-state index contributed by atoms with van der Waals surface area (Å²) < 4.78 is 1.73. The number of hydrogen-bond acceptors (Lipinski definition) is 5. The predicted molar refractivity (Wildman–Crippen MR) is 89.5 cm³/mol. The van der Waals surface area contributed by atoms with Crippen LogP contribution in [-0.2, 0) is 19.4 Å². The molecule has 1 amide bonds. The van der Waals surface area contributed by atoms with Gasteiger partial charge in [0.2, 0.25) is 0 Å². The zero-order chi connectivity index (χ0) is 17.3. The van der Waals surface area contributed by atoms with Crippen molar-refractivity contribution in [3.05, 3.63) is 33.0 Å². The van der Waals surface area contributed by atoms with Gasteiger partial charge in [-0.25, -0.2) is 14.5 Å². The number of hydrogen-bond donors (Lipinski definition) is 2. The van der Waals surface area contributed by atoms with Crippen molar-refractivity contribution in [1.82, 2.24) is 20.1 Å². The van der Waals surface area contributed by atoms with Gasteiger partial charge in [-0.05, 0) is 50.7 Å². The lowest BCUT2D eigenvalue weighted by Crippen LogP contribution is -2.29. The molecule has 1 unspecified atom stereocenters. The average Bonchev–Trinajstić information content (AvgIpc) is 3.19. The van der Waals surface area contributed by atoms with E-state index >= 15 is 0 Å². The summed E-state index contributed by atoms with van der Waals surface area (Å²) in [6.07, 6.45) is 4.93. The normalized spacial score (nSPS) is 14.9. The molecule has 3 rings (SSSR count). The number of aryl methyl sites for hydroxylation is 1. The summed E-state index contributed by atoms with van der Waals surface area (Å²) in [4.78, 5) is 29.2. The molecule has 0 bridgehead atoms. The van der Waals surface area contributed by atoms with Crippen molar-refractivity contribution in [3.8, 4) is 0 Å². The van der Waals surface area contributed by atoms with Gasteiger partial charge in [-0.1, -0.05) is 0 Å². The molecule has 0 aromatic carbocycles. The molecular formula is C16H20N4O3S. The molecule has 0 saturated heterocycles. The number of nitrogens with one attached hydrogen (secondary N) is 1. The maximum atomic E-state index is 12.7. The largest absolute Gasteiger partial charge is 0.477 e. The molecule has 2 aromatic heterocycles. The van der Waals surface area contributed by atoms with E-state index in [0.717, 1.165) is 48.1 Å². The third-order valence-corrected chi connectivity index (χ3v) is 5.56. The van der Waals surface area contributed by atoms with Gasteiger partial charge in [-0.2, -0.15) is 5.10 Å². The molecule has 8 heteroatoms. The Bertz CT molecular complexity index is 780. The average molecular weight is 348 g/mol. The Kier molecular flexibility index (Phi) is 4.66. The fourth-order valence-electron chi connectivity index (χ4n) is 3.17. The Morgan fingerprint density at radius 2 is 2.00 bits per heavy atom. The molecule has 2 heterocycles. The van der Waals surface area contributed by atoms with Gasteiger partial charge in [0.15, 0.2) is 0 Å². The quantitative estimate of drug-likeness (QED) is 0.865. The highest BCUT2D eigenvalue weighted by Gasteiger charge is 2.28. The van der Waals surface area contributed by atoms with Crippen LogP contribution in [0.15, 0.2) is 6.33 Å². The number of thiophene rings is 1. The first-order chi connectivity index (χ1) is 11.5. The molecule has 2 aromatic rings. The molecule has 0 fully saturated rings. The molecule has 128 valence electrons. The van der Waals surface area contributed by atoms with E-state index in [9.17, 15) is 14.7 Å². The first-order valence-electron chi connectivity index (χ1n) is 8.09. The van der Waals surface area contributed by atoms with Crippen LogP contribution in [-0.4, -0.2) is 31.7 Å². The lowest BCUT2D eigenvalue weighted by Gasteiger charge is -2.16. The SMILES string of the molecule is CCn1ncnc1C(C)NC(=O)c1sc(C(=O)O)c2c1CCCC2. The highest BCUT2D eigenvalue weighted by molar-refractivity contribution is 7.16. The zero-order valence-corrected chi connectivity index (χ0v) is 14.5. The second kappa shape index (κ2) is 6.72. The molecule has 0 saturated carbocycles. The van der Waals surface area contributed by atoms with E-state index in [1.165, 1.54) is 6.33 Å². The fraction of sp³-hybridized carbons (Fsp3) is 0.500. The maximum absolute atomic E-state index is 12.7. The number of fused-ring (bicyclic) bond motifs is 1. The lowest BCUT2D eigenvalue weighted by atomic mass is 9.92. The number of carboxylic acids is 1. The number of nitrogens with zero attached hydrogens (tertiary/aromatic N) is 3. The van der Waals surface area contributed by atoms with Gasteiger partial charge in [0.25, 0.3) is 5.91 Å². The van der Waals surface area contributed by atoms with Gasteiger partial charge in [-0.15, -0.1) is 11.3 Å². The fourth-order valence-corrected chi connectivity index (χ4v) is 4.31. The Morgan fingerprint density at radius 1 is 1.33 bits per heavy atom. The maximum Gasteiger partial charge on any atom is 0.346 e. The van der Waals surface area contributed by atoms with Crippen LogP contribution in [0.1, 0.15) is 69.0 Å². The number of carboxylic acid groups (broad SMARTS) is 1. The van der Waals surface area contributed by atoms with Gasteiger partial charge < -0.3 is 10.4 Å². The van der Waals surface area contributed by atoms with Crippen molar-refractivity contribution < 1.29 is 14.7 Å². The van der Waals surface area contributed by atoms with Crippen molar-refractivity contribution in [1.29, 1.82) is 0 Å². The highest BCUT2D eigenvalue weighted by Crippen LogP contribution is 2.34. The van der Waals surface area contributed by atoms with Crippen molar-refractivity contribution >= 4 is 23.2 Å². The van der Waals surface area contributed by atoms with Gasteiger partial charge in [-0.3, -0.25) is 4.79 Å². The molecule has 2 N–H and O–H groups in total. The summed E-state index contributed by atoms with van der Waals surface area (Å²) in [6.45, 7) is 4.49. The summed E-state index contributed by atoms with van der Waals surface area (Å²) >= 11 is 1.09. The Hall–Kier alpha value is -2.22. The molecule has 1 atom stereocenters. The van der Waals surface area contributed by atoms with Crippen LogP contribution in [0.3, 0.4) is 0 Å². The van der Waals surface area contributed by atoms with Crippen LogP contribution in [0.5, 0.6) is 0 Å². The summed E-state index contributed by atoms with van der Waals surface area (Å²) in [5.41, 5.74) is 1.75. The van der Waals surface area contributed by atoms with E-state index in [1.54, 1.807) is 4.68 Å². The van der Waals surface area contributed by atoms with E-state index in [2.05, 4.69) is 15.4 Å². The van der Waals surface area contributed by atoms with Crippen LogP contribution < -0.4 is 5.32 Å². The molecule has 7 nitrogen and oxygen atoms in total. The predicted octanol–water partition coefficient (Wildman–Crippen LogP) is 2.43. The topological polar surface area (TPSA) is 97.1 Å². The zero-order valence-electron chi connectivity index (χ0n) is 13.7. The smallest absolute Gasteiger partial charge is 0.346 e. The Labute approximate surface area is 143 Å². The van der Waals surface area contributed by atoms with Gasteiger partial charge in [0, 0.05) is 6.54 Å². The molecule has 0 radical (unpaired) electrons. The van der Waals surface area contributed by atoms with E-state index in [4.69, 9.17) is 0 Å². The lowest BCUT2D eigenvalue weighted by molar-refractivity contribution is 0.0700. The first kappa shape index (κ1) is 16.6. The van der Waals surface area contributed by atoms with E-state index in [-0.39, 0.29) is 11.9 Å². The number of carbonyl (C=O) groups excluding carboxylic acids is 1. The van der Waals surface area contributed by atoms with Crippen LogP contribution >= 0.6 is 11.3 Å².